The summed E-state index contributed by atoms with van der Waals surface area (Å²) >= 11 is 0. The van der Waals surface area contributed by atoms with E-state index in [4.69, 9.17) is 4.74 Å². The first-order valence-electron chi connectivity index (χ1n) is 7.87. The van der Waals surface area contributed by atoms with Gasteiger partial charge in [0.05, 0.1) is 6.54 Å². The molecule has 1 saturated heterocycles. The summed E-state index contributed by atoms with van der Waals surface area (Å²) in [4.78, 5) is 26.2. The summed E-state index contributed by atoms with van der Waals surface area (Å²) in [6.07, 6.45) is -1.48. The van der Waals surface area contributed by atoms with Crippen LogP contribution in [0.1, 0.15) is 38.8 Å². The van der Waals surface area contributed by atoms with Gasteiger partial charge in [-0.3, -0.25) is 4.79 Å². The second kappa shape index (κ2) is 7.07. The minimum atomic E-state index is -1.05. The number of ether oxygens (including phenoxy) is 1. The Morgan fingerprint density at radius 1 is 1.33 bits per heavy atom. The van der Waals surface area contributed by atoms with Crippen LogP contribution in [-0.4, -0.2) is 46.9 Å². The van der Waals surface area contributed by atoms with E-state index in [1.165, 1.54) is 29.2 Å². The Hall–Kier alpha value is -2.31. The molecule has 0 aromatic heterocycles. The Balaban J connectivity index is 2.19. The highest BCUT2D eigenvalue weighted by molar-refractivity contribution is 5.87. The average Bonchev–Trinajstić information content (AvgIpc) is 2.90. The van der Waals surface area contributed by atoms with Gasteiger partial charge in [-0.2, -0.15) is 0 Å². The second-order valence-electron chi connectivity index (χ2n) is 6.84. The SMILES string of the molecule is CC(C)(C)OC(=O)NC(C(=O)N1CCC(F)C1)c1ccc(O)cc1. The summed E-state index contributed by atoms with van der Waals surface area (Å²) in [5.41, 5.74) is -0.212. The molecule has 24 heavy (non-hydrogen) atoms. The van der Waals surface area contributed by atoms with Crippen molar-refractivity contribution in [3.63, 3.8) is 0 Å². The monoisotopic (exact) mass is 338 g/mol. The zero-order valence-corrected chi connectivity index (χ0v) is 14.1. The molecule has 0 spiro atoms. The number of hydrogen-bond donors (Lipinski definition) is 2. The number of benzene rings is 1. The van der Waals surface area contributed by atoms with Crippen LogP contribution in [0.2, 0.25) is 0 Å². The molecule has 7 heteroatoms. The summed E-state index contributed by atoms with van der Waals surface area (Å²) < 4.78 is 18.6. The summed E-state index contributed by atoms with van der Waals surface area (Å²) in [5, 5.41) is 11.9. The fraction of sp³-hybridized carbons (Fsp3) is 0.529. The predicted molar refractivity (Wildman–Crippen MR) is 86.3 cm³/mol. The first-order valence-corrected chi connectivity index (χ1v) is 7.87. The van der Waals surface area contributed by atoms with Crippen molar-refractivity contribution in [1.82, 2.24) is 10.2 Å². The number of likely N-dealkylation sites (tertiary alicyclic amines) is 1. The van der Waals surface area contributed by atoms with Crippen LogP contribution in [0.4, 0.5) is 9.18 Å². The molecule has 6 nitrogen and oxygen atoms in total. The lowest BCUT2D eigenvalue weighted by Gasteiger charge is -2.26. The molecule has 132 valence electrons. The fourth-order valence-electron chi connectivity index (χ4n) is 2.48. The first-order chi connectivity index (χ1) is 11.2. The zero-order valence-electron chi connectivity index (χ0n) is 14.1. The number of amides is 2. The van der Waals surface area contributed by atoms with Gasteiger partial charge in [-0.25, -0.2) is 9.18 Å². The van der Waals surface area contributed by atoms with Gasteiger partial charge in [-0.15, -0.1) is 0 Å². The predicted octanol–water partition coefficient (Wildman–Crippen LogP) is 2.53. The number of alkyl carbamates (subject to hydrolysis) is 1. The van der Waals surface area contributed by atoms with E-state index in [1.54, 1.807) is 20.8 Å². The number of aromatic hydroxyl groups is 1. The third-order valence-electron chi connectivity index (χ3n) is 3.58. The Labute approximate surface area is 140 Å². The molecule has 0 saturated carbocycles. The highest BCUT2D eigenvalue weighted by Crippen LogP contribution is 2.23. The van der Waals surface area contributed by atoms with Crippen molar-refractivity contribution in [2.45, 2.75) is 45.0 Å². The molecule has 0 bridgehead atoms. The maximum atomic E-state index is 13.4. The zero-order chi connectivity index (χ0) is 17.9. The van der Waals surface area contributed by atoms with Crippen LogP contribution in [-0.2, 0) is 9.53 Å². The molecule has 1 aliphatic rings. The lowest BCUT2D eigenvalue weighted by atomic mass is 10.1. The van der Waals surface area contributed by atoms with Crippen LogP contribution < -0.4 is 5.32 Å². The number of phenolic OH excluding ortho intramolecular Hbond substituents is 1. The molecule has 0 aliphatic carbocycles. The van der Waals surface area contributed by atoms with Gasteiger partial charge in [0.25, 0.3) is 0 Å². The molecule has 2 rings (SSSR count). The van der Waals surface area contributed by atoms with Gasteiger partial charge < -0.3 is 20.1 Å². The molecule has 1 fully saturated rings. The molecule has 2 unspecified atom stereocenters. The molecule has 2 amide bonds. The van der Waals surface area contributed by atoms with Crippen molar-refractivity contribution in [3.05, 3.63) is 29.8 Å². The van der Waals surface area contributed by atoms with E-state index in [-0.39, 0.29) is 12.3 Å². The van der Waals surface area contributed by atoms with Crippen molar-refractivity contribution in [3.8, 4) is 5.75 Å². The number of halogens is 1. The summed E-state index contributed by atoms with van der Waals surface area (Å²) in [7, 11) is 0. The number of nitrogens with zero attached hydrogens (tertiary/aromatic N) is 1. The van der Waals surface area contributed by atoms with Crippen molar-refractivity contribution in [1.29, 1.82) is 0 Å². The number of carbonyl (C=O) groups excluding carboxylic acids is 2. The second-order valence-corrected chi connectivity index (χ2v) is 6.84. The first kappa shape index (κ1) is 18.0. The van der Waals surface area contributed by atoms with Crippen molar-refractivity contribution >= 4 is 12.0 Å². The molecular weight excluding hydrogens is 315 g/mol. The lowest BCUT2D eigenvalue weighted by Crippen LogP contribution is -2.43. The van der Waals surface area contributed by atoms with Gasteiger partial charge in [0.1, 0.15) is 23.6 Å². The Morgan fingerprint density at radius 3 is 2.46 bits per heavy atom. The van der Waals surface area contributed by atoms with Gasteiger partial charge in [0.15, 0.2) is 0 Å². The fourth-order valence-corrected chi connectivity index (χ4v) is 2.48. The van der Waals surface area contributed by atoms with Crippen LogP contribution >= 0.6 is 0 Å². The van der Waals surface area contributed by atoms with E-state index in [1.807, 2.05) is 0 Å². The van der Waals surface area contributed by atoms with E-state index in [2.05, 4.69) is 5.32 Å². The maximum absolute atomic E-state index is 13.4. The summed E-state index contributed by atoms with van der Waals surface area (Å²) in [6, 6.07) is 4.94. The molecule has 0 radical (unpaired) electrons. The number of phenols is 1. The third kappa shape index (κ3) is 4.84. The molecular formula is C17H23FN2O4. The van der Waals surface area contributed by atoms with Crippen LogP contribution in [0.3, 0.4) is 0 Å². The highest BCUT2D eigenvalue weighted by atomic mass is 19.1. The third-order valence-corrected chi connectivity index (χ3v) is 3.58. The molecule has 1 heterocycles. The van der Waals surface area contributed by atoms with Crippen molar-refractivity contribution < 1.29 is 23.8 Å². The van der Waals surface area contributed by atoms with Crippen LogP contribution in [0.5, 0.6) is 5.75 Å². The minimum Gasteiger partial charge on any atom is -0.508 e. The Morgan fingerprint density at radius 2 is 1.96 bits per heavy atom. The van der Waals surface area contributed by atoms with Crippen molar-refractivity contribution in [2.24, 2.45) is 0 Å². The van der Waals surface area contributed by atoms with E-state index >= 15 is 0 Å². The average molecular weight is 338 g/mol. The Bertz CT molecular complexity index is 598. The van der Waals surface area contributed by atoms with E-state index in [0.29, 0.717) is 18.5 Å². The maximum Gasteiger partial charge on any atom is 0.408 e. The van der Waals surface area contributed by atoms with E-state index < -0.39 is 29.8 Å². The van der Waals surface area contributed by atoms with Gasteiger partial charge >= 0.3 is 6.09 Å². The number of carbonyl (C=O) groups is 2. The van der Waals surface area contributed by atoms with E-state index in [9.17, 15) is 19.1 Å². The summed E-state index contributed by atoms with van der Waals surface area (Å²) in [5.74, 6) is -0.348. The highest BCUT2D eigenvalue weighted by Gasteiger charge is 2.33. The van der Waals surface area contributed by atoms with Crippen LogP contribution in [0.25, 0.3) is 0 Å². The smallest absolute Gasteiger partial charge is 0.408 e. The number of hydrogen-bond acceptors (Lipinski definition) is 4. The van der Waals surface area contributed by atoms with Crippen molar-refractivity contribution in [2.75, 3.05) is 13.1 Å². The number of rotatable bonds is 3. The van der Waals surface area contributed by atoms with Gasteiger partial charge in [-0.05, 0) is 44.9 Å². The molecule has 2 N–H and O–H groups in total. The Kier molecular flexibility index (Phi) is 5.31. The number of alkyl halides is 1. The largest absolute Gasteiger partial charge is 0.508 e. The quantitative estimate of drug-likeness (QED) is 0.888. The standard InChI is InChI=1S/C17H23FN2O4/c1-17(2,3)24-16(23)19-14(11-4-6-13(21)7-5-11)15(22)20-9-8-12(18)10-20/h4-7,12,14,21H,8-10H2,1-3H3,(H,19,23). The molecule has 1 aromatic carbocycles. The van der Waals surface area contributed by atoms with Gasteiger partial charge in [0.2, 0.25) is 5.91 Å². The van der Waals surface area contributed by atoms with E-state index in [0.717, 1.165) is 0 Å². The molecule has 1 aliphatic heterocycles. The van der Waals surface area contributed by atoms with Gasteiger partial charge in [0, 0.05) is 6.54 Å². The topological polar surface area (TPSA) is 78.9 Å². The lowest BCUT2D eigenvalue weighted by molar-refractivity contribution is -0.132. The van der Waals surface area contributed by atoms with Crippen LogP contribution in [0.15, 0.2) is 24.3 Å². The van der Waals surface area contributed by atoms with Crippen LogP contribution in [0, 0.1) is 0 Å². The summed E-state index contributed by atoms with van der Waals surface area (Å²) in [6.45, 7) is 5.49. The van der Waals surface area contributed by atoms with Gasteiger partial charge in [-0.1, -0.05) is 12.1 Å². The molecule has 1 aromatic rings. The minimum absolute atomic E-state index is 0.0173. The normalized spacial score (nSPS) is 19.0. The number of nitrogens with one attached hydrogen (secondary N) is 1. The molecule has 2 atom stereocenters.